The molecule has 4 N–H and O–H groups in total. The highest BCUT2D eigenvalue weighted by Crippen LogP contribution is 2.32. The van der Waals surface area contributed by atoms with Gasteiger partial charge in [-0.3, -0.25) is 4.79 Å². The third kappa shape index (κ3) is 3.95. The summed E-state index contributed by atoms with van der Waals surface area (Å²) in [5.41, 5.74) is 7.68. The van der Waals surface area contributed by atoms with Gasteiger partial charge in [-0.15, -0.1) is 11.3 Å². The lowest BCUT2D eigenvalue weighted by Gasteiger charge is -2.24. The van der Waals surface area contributed by atoms with Gasteiger partial charge in [0.1, 0.15) is 11.2 Å². The molecule has 0 atom stereocenters. The van der Waals surface area contributed by atoms with Crippen molar-refractivity contribution < 1.29 is 14.6 Å². The SMILES string of the molecule is NC(CO)(CO)CCc1ccc2c(=O)c3cc(-c4ccc(Cl)s4)ccc3oc2c1. The van der Waals surface area contributed by atoms with Crippen molar-refractivity contribution in [3.05, 3.63) is 68.7 Å². The number of aliphatic hydroxyl groups excluding tert-OH is 2. The van der Waals surface area contributed by atoms with Crippen LogP contribution in [0.25, 0.3) is 32.4 Å². The molecule has 0 radical (unpaired) electrons. The van der Waals surface area contributed by atoms with Crippen LogP contribution in [0.2, 0.25) is 4.34 Å². The van der Waals surface area contributed by atoms with Gasteiger partial charge in [-0.2, -0.15) is 0 Å². The zero-order valence-electron chi connectivity index (χ0n) is 15.5. The first-order valence-corrected chi connectivity index (χ1v) is 10.4. The van der Waals surface area contributed by atoms with Gasteiger partial charge in [-0.05, 0) is 66.4 Å². The summed E-state index contributed by atoms with van der Waals surface area (Å²) >= 11 is 7.49. The largest absolute Gasteiger partial charge is 0.456 e. The summed E-state index contributed by atoms with van der Waals surface area (Å²) in [5.74, 6) is 0. The second-order valence-electron chi connectivity index (χ2n) is 7.25. The normalized spacial score (nSPS) is 12.1. The lowest BCUT2D eigenvalue weighted by atomic mass is 9.93. The van der Waals surface area contributed by atoms with Gasteiger partial charge < -0.3 is 20.4 Å². The Hall–Kier alpha value is -2.22. The van der Waals surface area contributed by atoms with E-state index in [0.717, 1.165) is 16.0 Å². The molecule has 4 aromatic rings. The van der Waals surface area contributed by atoms with Crippen LogP contribution in [0.4, 0.5) is 0 Å². The highest BCUT2D eigenvalue weighted by Gasteiger charge is 2.22. The molecule has 5 nitrogen and oxygen atoms in total. The highest BCUT2D eigenvalue weighted by atomic mass is 35.5. The van der Waals surface area contributed by atoms with Crippen molar-refractivity contribution in [1.29, 1.82) is 0 Å². The van der Waals surface area contributed by atoms with Crippen molar-refractivity contribution >= 4 is 44.9 Å². The molecule has 0 amide bonds. The molecular formula is C22H20ClNO4S. The van der Waals surface area contributed by atoms with Crippen molar-refractivity contribution in [2.24, 2.45) is 5.73 Å². The minimum Gasteiger partial charge on any atom is -0.456 e. The van der Waals surface area contributed by atoms with Crippen LogP contribution >= 0.6 is 22.9 Å². The summed E-state index contributed by atoms with van der Waals surface area (Å²) in [5, 5.41) is 19.7. The fourth-order valence-electron chi connectivity index (χ4n) is 3.28. The summed E-state index contributed by atoms with van der Waals surface area (Å²) in [4.78, 5) is 14.0. The van der Waals surface area contributed by atoms with Gasteiger partial charge in [0.05, 0.1) is 33.9 Å². The van der Waals surface area contributed by atoms with Crippen molar-refractivity contribution in [3.8, 4) is 10.4 Å². The van der Waals surface area contributed by atoms with Gasteiger partial charge in [0.2, 0.25) is 5.43 Å². The van der Waals surface area contributed by atoms with Crippen LogP contribution in [-0.4, -0.2) is 29.0 Å². The number of aryl methyl sites for hydroxylation is 1. The number of halogens is 1. The lowest BCUT2D eigenvalue weighted by molar-refractivity contribution is 0.115. The molecule has 7 heteroatoms. The van der Waals surface area contributed by atoms with Crippen LogP contribution in [0, 0.1) is 0 Å². The Morgan fingerprint density at radius 1 is 1.00 bits per heavy atom. The van der Waals surface area contributed by atoms with Crippen LogP contribution in [0.5, 0.6) is 0 Å². The van der Waals surface area contributed by atoms with E-state index < -0.39 is 5.54 Å². The van der Waals surface area contributed by atoms with E-state index in [1.807, 2.05) is 36.4 Å². The second kappa shape index (κ2) is 7.89. The van der Waals surface area contributed by atoms with Gasteiger partial charge in [0.15, 0.2) is 0 Å². The van der Waals surface area contributed by atoms with E-state index in [9.17, 15) is 15.0 Å². The molecule has 29 heavy (non-hydrogen) atoms. The Bertz CT molecular complexity index is 1240. The molecular weight excluding hydrogens is 410 g/mol. The fraction of sp³-hybridized carbons (Fsp3) is 0.227. The molecule has 0 saturated heterocycles. The van der Waals surface area contributed by atoms with E-state index in [2.05, 4.69) is 0 Å². The van der Waals surface area contributed by atoms with Crippen LogP contribution < -0.4 is 11.2 Å². The molecule has 2 aromatic heterocycles. The topological polar surface area (TPSA) is 96.7 Å². The van der Waals surface area contributed by atoms with E-state index in [4.69, 9.17) is 21.8 Å². The molecule has 2 aromatic carbocycles. The second-order valence-corrected chi connectivity index (χ2v) is 8.97. The predicted molar refractivity (Wildman–Crippen MR) is 118 cm³/mol. The number of nitrogens with two attached hydrogens (primary N) is 1. The Labute approximate surface area is 176 Å². The predicted octanol–water partition coefficient (Wildman–Crippen LogP) is 3.94. The van der Waals surface area contributed by atoms with Crippen LogP contribution in [0.15, 0.2) is 57.7 Å². The molecule has 0 spiro atoms. The van der Waals surface area contributed by atoms with Gasteiger partial charge in [-0.1, -0.05) is 17.7 Å². The van der Waals surface area contributed by atoms with Gasteiger partial charge in [0, 0.05) is 4.88 Å². The molecule has 0 aliphatic rings. The quantitative estimate of drug-likeness (QED) is 0.403. The van der Waals surface area contributed by atoms with Crippen molar-refractivity contribution in [2.75, 3.05) is 13.2 Å². The average molecular weight is 430 g/mol. The zero-order chi connectivity index (χ0) is 20.6. The Morgan fingerprint density at radius 3 is 2.48 bits per heavy atom. The Kier molecular flexibility index (Phi) is 5.46. The van der Waals surface area contributed by atoms with Crippen molar-refractivity contribution in [3.63, 3.8) is 0 Å². The number of hydrogen-bond donors (Lipinski definition) is 3. The van der Waals surface area contributed by atoms with Crippen molar-refractivity contribution in [2.45, 2.75) is 18.4 Å². The number of fused-ring (bicyclic) bond motifs is 2. The zero-order valence-corrected chi connectivity index (χ0v) is 17.1. The molecule has 0 fully saturated rings. The van der Waals surface area contributed by atoms with Gasteiger partial charge in [-0.25, -0.2) is 0 Å². The van der Waals surface area contributed by atoms with Gasteiger partial charge >= 0.3 is 0 Å². The molecule has 0 aliphatic carbocycles. The maximum Gasteiger partial charge on any atom is 0.200 e. The number of thiophene rings is 1. The van der Waals surface area contributed by atoms with Gasteiger partial charge in [0.25, 0.3) is 0 Å². The Balaban J connectivity index is 1.73. The summed E-state index contributed by atoms with van der Waals surface area (Å²) in [7, 11) is 0. The average Bonchev–Trinajstić information content (AvgIpc) is 3.18. The van der Waals surface area contributed by atoms with Crippen LogP contribution in [0.1, 0.15) is 12.0 Å². The van der Waals surface area contributed by atoms with E-state index in [-0.39, 0.29) is 18.6 Å². The highest BCUT2D eigenvalue weighted by molar-refractivity contribution is 7.19. The number of benzene rings is 2. The maximum absolute atomic E-state index is 13.0. The standard InChI is InChI=1S/C22H20ClNO4S/c23-20-6-5-19(29-20)14-2-4-17-16(10-14)21(27)15-3-1-13(9-18(15)28-17)7-8-22(24,11-25)12-26/h1-6,9-10,25-26H,7-8,11-12,24H2. The lowest BCUT2D eigenvalue weighted by Crippen LogP contribution is -2.47. The number of rotatable bonds is 6. The molecule has 150 valence electrons. The summed E-state index contributed by atoms with van der Waals surface area (Å²) in [6, 6.07) is 14.7. The summed E-state index contributed by atoms with van der Waals surface area (Å²) < 4.78 is 6.69. The van der Waals surface area contributed by atoms with Crippen LogP contribution in [-0.2, 0) is 6.42 Å². The molecule has 0 saturated carbocycles. The molecule has 0 bridgehead atoms. The van der Waals surface area contributed by atoms with E-state index in [1.165, 1.54) is 11.3 Å². The first kappa shape index (κ1) is 20.1. The Morgan fingerprint density at radius 2 is 1.79 bits per heavy atom. The minimum absolute atomic E-state index is 0.0869. The van der Waals surface area contributed by atoms with E-state index in [0.29, 0.717) is 39.1 Å². The number of hydrogen-bond acceptors (Lipinski definition) is 6. The van der Waals surface area contributed by atoms with E-state index in [1.54, 1.807) is 12.1 Å². The van der Waals surface area contributed by atoms with Crippen LogP contribution in [0.3, 0.4) is 0 Å². The summed E-state index contributed by atoms with van der Waals surface area (Å²) in [6.45, 7) is -0.594. The minimum atomic E-state index is -1.03. The third-order valence-electron chi connectivity index (χ3n) is 5.13. The molecule has 2 heterocycles. The molecule has 0 aliphatic heterocycles. The molecule has 0 unspecified atom stereocenters. The maximum atomic E-state index is 13.0. The fourth-order valence-corrected chi connectivity index (χ4v) is 4.32. The van der Waals surface area contributed by atoms with E-state index >= 15 is 0 Å². The smallest absolute Gasteiger partial charge is 0.200 e. The first-order valence-electron chi connectivity index (χ1n) is 9.18. The number of aliphatic hydroxyl groups is 2. The molecule has 4 rings (SSSR count). The monoisotopic (exact) mass is 429 g/mol. The summed E-state index contributed by atoms with van der Waals surface area (Å²) in [6.07, 6.45) is 0.962. The van der Waals surface area contributed by atoms with Crippen molar-refractivity contribution in [1.82, 2.24) is 0 Å². The third-order valence-corrected chi connectivity index (χ3v) is 6.41. The first-order chi connectivity index (χ1) is 13.9.